The van der Waals surface area contributed by atoms with Crippen LogP contribution in [0.5, 0.6) is 17.2 Å². The molecule has 10 heteroatoms. The van der Waals surface area contributed by atoms with E-state index in [1.165, 1.54) is 0 Å². The lowest BCUT2D eigenvalue weighted by atomic mass is 10.1. The Kier molecular flexibility index (Phi) is 3.94. The van der Waals surface area contributed by atoms with E-state index in [0.29, 0.717) is 58.9 Å². The van der Waals surface area contributed by atoms with E-state index >= 15 is 0 Å². The molecule has 3 N–H and O–H groups in total. The molecule has 6 rings (SSSR count). The highest BCUT2D eigenvalue weighted by atomic mass is 16.6. The second-order valence-corrected chi connectivity index (χ2v) is 7.30. The van der Waals surface area contributed by atoms with Crippen LogP contribution in [0, 0.1) is 11.3 Å². The van der Waals surface area contributed by atoms with Gasteiger partial charge in [-0.3, -0.25) is 9.89 Å². The average molecular weight is 428 g/mol. The number of H-pyrrole nitrogens is 1. The van der Waals surface area contributed by atoms with Gasteiger partial charge in [-0.1, -0.05) is 0 Å². The zero-order valence-corrected chi connectivity index (χ0v) is 16.6. The van der Waals surface area contributed by atoms with Crippen molar-refractivity contribution in [2.45, 2.75) is 0 Å². The van der Waals surface area contributed by atoms with E-state index < -0.39 is 0 Å². The van der Waals surface area contributed by atoms with E-state index in [0.717, 1.165) is 11.3 Å². The highest BCUT2D eigenvalue weighted by molar-refractivity contribution is 5.96. The van der Waals surface area contributed by atoms with Crippen LogP contribution in [0.4, 0.5) is 17.2 Å². The van der Waals surface area contributed by atoms with Gasteiger partial charge in [-0.25, -0.2) is 9.50 Å². The number of rotatable bonds is 3. The molecule has 0 aliphatic carbocycles. The lowest BCUT2D eigenvalue weighted by molar-refractivity contribution is -0.118. The van der Waals surface area contributed by atoms with E-state index in [1.807, 2.05) is 24.3 Å². The number of aromatic nitrogens is 3. The maximum atomic E-state index is 11.8. The number of imidazole rings is 1. The third kappa shape index (κ3) is 2.87. The summed E-state index contributed by atoms with van der Waals surface area (Å²) in [5.74, 6) is 2.35. The van der Waals surface area contributed by atoms with Gasteiger partial charge in [0, 0.05) is 23.5 Å². The highest BCUT2D eigenvalue weighted by Gasteiger charge is 2.22. The number of fused-ring (bicyclic) bond motifs is 3. The van der Waals surface area contributed by atoms with Crippen LogP contribution < -0.4 is 24.8 Å². The molecule has 0 spiro atoms. The van der Waals surface area contributed by atoms with E-state index in [2.05, 4.69) is 21.8 Å². The van der Waals surface area contributed by atoms with Gasteiger partial charge in [-0.05, 0) is 30.3 Å². The van der Waals surface area contributed by atoms with Crippen molar-refractivity contribution in [1.29, 1.82) is 5.26 Å². The van der Waals surface area contributed by atoms with Crippen LogP contribution >= 0.6 is 0 Å². The topological polar surface area (TPSA) is 126 Å². The van der Waals surface area contributed by atoms with Crippen molar-refractivity contribution in [3.8, 4) is 34.6 Å². The molecule has 0 fully saturated rings. The van der Waals surface area contributed by atoms with Crippen LogP contribution in [0.15, 0.2) is 42.6 Å². The van der Waals surface area contributed by atoms with Gasteiger partial charge in [0.05, 0.1) is 5.69 Å². The molecule has 158 valence electrons. The summed E-state index contributed by atoms with van der Waals surface area (Å²) in [7, 11) is 0. The molecule has 0 atom stereocenters. The average Bonchev–Trinajstić information content (AvgIpc) is 3.38. The van der Waals surface area contributed by atoms with Crippen molar-refractivity contribution >= 4 is 28.7 Å². The number of nitriles is 1. The Labute approximate surface area is 181 Å². The third-order valence-electron chi connectivity index (χ3n) is 5.27. The van der Waals surface area contributed by atoms with E-state index in [9.17, 15) is 10.1 Å². The van der Waals surface area contributed by atoms with Crippen LogP contribution in [-0.4, -0.2) is 40.3 Å². The predicted octanol–water partition coefficient (Wildman–Crippen LogP) is 3.05. The summed E-state index contributed by atoms with van der Waals surface area (Å²) < 4.78 is 18.4. The van der Waals surface area contributed by atoms with Crippen LogP contribution in [0.1, 0.15) is 5.56 Å². The first-order valence-corrected chi connectivity index (χ1v) is 9.93. The van der Waals surface area contributed by atoms with Crippen LogP contribution in [0.3, 0.4) is 0 Å². The molecule has 2 aliphatic rings. The molecule has 0 saturated heterocycles. The van der Waals surface area contributed by atoms with Crippen molar-refractivity contribution in [3.63, 3.8) is 0 Å². The minimum absolute atomic E-state index is 0.0116. The van der Waals surface area contributed by atoms with E-state index in [4.69, 9.17) is 19.2 Å². The zero-order chi connectivity index (χ0) is 21.7. The highest BCUT2D eigenvalue weighted by Crippen LogP contribution is 2.38. The molecule has 2 aromatic carbocycles. The van der Waals surface area contributed by atoms with Gasteiger partial charge in [-0.2, -0.15) is 5.26 Å². The molecule has 4 heterocycles. The SMILES string of the molecule is N#Cc1c[nH]n2c(Nc3ccc4c(c3)OCCO4)c(-c3ccc4c(c3)NC(=O)CO4)nc12. The third-order valence-corrected chi connectivity index (χ3v) is 5.27. The number of nitrogens with one attached hydrogen (secondary N) is 3. The molecule has 2 aliphatic heterocycles. The maximum absolute atomic E-state index is 11.8. The number of aromatic amines is 1. The summed E-state index contributed by atoms with van der Waals surface area (Å²) in [6, 6.07) is 13.2. The van der Waals surface area contributed by atoms with E-state index in [-0.39, 0.29) is 12.5 Å². The normalized spacial score (nSPS) is 14.3. The second-order valence-electron chi connectivity index (χ2n) is 7.30. The van der Waals surface area contributed by atoms with Gasteiger partial charge in [0.25, 0.3) is 5.91 Å². The summed E-state index contributed by atoms with van der Waals surface area (Å²) in [5.41, 5.74) is 3.58. The Morgan fingerprint density at radius 2 is 1.91 bits per heavy atom. The summed E-state index contributed by atoms with van der Waals surface area (Å²) >= 11 is 0. The Hall–Kier alpha value is -4.65. The van der Waals surface area contributed by atoms with Crippen molar-refractivity contribution in [3.05, 3.63) is 48.2 Å². The number of amides is 1. The fourth-order valence-corrected chi connectivity index (χ4v) is 3.81. The number of ether oxygens (including phenoxy) is 3. The Morgan fingerprint density at radius 1 is 1.06 bits per heavy atom. The molecule has 32 heavy (non-hydrogen) atoms. The minimum atomic E-state index is -0.215. The van der Waals surface area contributed by atoms with Crippen LogP contribution in [-0.2, 0) is 4.79 Å². The maximum Gasteiger partial charge on any atom is 0.262 e. The zero-order valence-electron chi connectivity index (χ0n) is 16.6. The summed E-state index contributed by atoms with van der Waals surface area (Å²) in [4.78, 5) is 16.5. The van der Waals surface area contributed by atoms with Gasteiger partial charge in [0.1, 0.15) is 36.3 Å². The fourth-order valence-electron chi connectivity index (χ4n) is 3.81. The number of nitrogens with zero attached hydrogens (tertiary/aromatic N) is 3. The van der Waals surface area contributed by atoms with Crippen molar-refractivity contribution in [2.75, 3.05) is 30.5 Å². The first-order valence-electron chi connectivity index (χ1n) is 9.93. The summed E-state index contributed by atoms with van der Waals surface area (Å²) in [6.45, 7) is 0.997. The number of anilines is 3. The molecule has 1 amide bonds. The standard InChI is InChI=1S/C22H16N6O4/c23-9-13-10-24-28-21(13)27-20(12-1-3-16-15(7-12)26-19(29)11-32-16)22(28)25-14-2-4-17-18(8-14)31-6-5-30-17/h1-4,7-8,10,24-25H,5-6,11H2,(H,26,29). The van der Waals surface area contributed by atoms with Crippen molar-refractivity contribution in [1.82, 2.24) is 14.6 Å². The smallest absolute Gasteiger partial charge is 0.262 e. The first-order chi connectivity index (χ1) is 15.7. The molecule has 0 unspecified atom stereocenters. The summed E-state index contributed by atoms with van der Waals surface area (Å²) in [6.07, 6.45) is 1.60. The molecule has 10 nitrogen and oxygen atoms in total. The Morgan fingerprint density at radius 3 is 2.78 bits per heavy atom. The summed E-state index contributed by atoms with van der Waals surface area (Å²) in [5, 5.41) is 18.7. The Bertz CT molecular complexity index is 1430. The van der Waals surface area contributed by atoms with Gasteiger partial charge in [0.15, 0.2) is 29.6 Å². The molecular weight excluding hydrogens is 412 g/mol. The monoisotopic (exact) mass is 428 g/mol. The largest absolute Gasteiger partial charge is 0.486 e. The first kappa shape index (κ1) is 18.1. The molecular formula is C22H16N6O4. The molecule has 0 radical (unpaired) electrons. The van der Waals surface area contributed by atoms with Gasteiger partial charge < -0.3 is 24.8 Å². The van der Waals surface area contributed by atoms with Crippen LogP contribution in [0.25, 0.3) is 16.9 Å². The number of hydrogen-bond acceptors (Lipinski definition) is 7. The fraction of sp³-hybridized carbons (Fsp3) is 0.136. The predicted molar refractivity (Wildman–Crippen MR) is 115 cm³/mol. The van der Waals surface area contributed by atoms with Gasteiger partial charge in [0.2, 0.25) is 0 Å². The second kappa shape index (κ2) is 6.95. The lowest BCUT2D eigenvalue weighted by Crippen LogP contribution is -2.25. The molecule has 0 saturated carbocycles. The number of hydrogen-bond donors (Lipinski definition) is 3. The minimum Gasteiger partial charge on any atom is -0.486 e. The number of carbonyl (C=O) groups excluding carboxylic acids is 1. The van der Waals surface area contributed by atoms with Crippen LogP contribution in [0.2, 0.25) is 0 Å². The van der Waals surface area contributed by atoms with Gasteiger partial charge >= 0.3 is 0 Å². The van der Waals surface area contributed by atoms with Crippen molar-refractivity contribution < 1.29 is 19.0 Å². The molecule has 0 bridgehead atoms. The quantitative estimate of drug-likeness (QED) is 0.458. The van der Waals surface area contributed by atoms with Crippen molar-refractivity contribution in [2.24, 2.45) is 0 Å². The lowest BCUT2D eigenvalue weighted by Gasteiger charge is -2.19. The Balaban J connectivity index is 1.47. The van der Waals surface area contributed by atoms with Gasteiger partial charge in [-0.15, -0.1) is 0 Å². The molecule has 2 aromatic heterocycles. The number of carbonyl (C=O) groups is 1. The van der Waals surface area contributed by atoms with E-state index in [1.54, 1.807) is 22.8 Å². The number of benzene rings is 2. The molecule has 4 aromatic rings.